The highest BCUT2D eigenvalue weighted by Crippen LogP contribution is 2.19. The third-order valence-electron chi connectivity index (χ3n) is 4.67. The van der Waals surface area contributed by atoms with E-state index in [2.05, 4.69) is 10.6 Å². The zero-order valence-corrected chi connectivity index (χ0v) is 15.8. The number of hydrogen-bond acceptors (Lipinski definition) is 3. The van der Waals surface area contributed by atoms with Crippen molar-refractivity contribution in [1.29, 1.82) is 0 Å². The molecule has 0 bridgehead atoms. The number of carbonyl (C=O) groups excluding carboxylic acids is 2. The van der Waals surface area contributed by atoms with Crippen LogP contribution >= 0.6 is 0 Å². The molecular weight excluding hydrogens is 362 g/mol. The summed E-state index contributed by atoms with van der Waals surface area (Å²) in [7, 11) is 0. The standard InChI is InChI=1S/C24H21N3O2/c28-23(14-15-24(29)27-17-16-18-6-4-5-9-22(18)27)26-21-12-10-20(11-13-21)25-19-7-2-1-3-8-19/h1-13,16-17,25H,14-15H2,(H,26,28). The van der Waals surface area contributed by atoms with Crippen molar-refractivity contribution in [2.24, 2.45) is 0 Å². The summed E-state index contributed by atoms with van der Waals surface area (Å²) in [5.74, 6) is -0.276. The minimum Gasteiger partial charge on any atom is -0.356 e. The third kappa shape index (κ3) is 4.52. The highest BCUT2D eigenvalue weighted by atomic mass is 16.2. The Hall–Kier alpha value is -3.86. The van der Waals surface area contributed by atoms with Gasteiger partial charge in [-0.25, -0.2) is 0 Å². The molecule has 4 aromatic rings. The van der Waals surface area contributed by atoms with Crippen LogP contribution in [0.1, 0.15) is 17.6 Å². The van der Waals surface area contributed by atoms with E-state index in [0.717, 1.165) is 22.3 Å². The molecule has 0 saturated carbocycles. The minimum atomic E-state index is -0.182. The molecule has 1 heterocycles. The van der Waals surface area contributed by atoms with E-state index in [1.165, 1.54) is 0 Å². The van der Waals surface area contributed by atoms with Crippen molar-refractivity contribution in [3.8, 4) is 0 Å². The molecule has 1 amide bonds. The largest absolute Gasteiger partial charge is 0.356 e. The number of aromatic nitrogens is 1. The molecule has 5 nitrogen and oxygen atoms in total. The van der Waals surface area contributed by atoms with E-state index in [4.69, 9.17) is 0 Å². The van der Waals surface area contributed by atoms with Crippen molar-refractivity contribution < 1.29 is 9.59 Å². The fraction of sp³-hybridized carbons (Fsp3) is 0.0833. The van der Waals surface area contributed by atoms with Crippen molar-refractivity contribution in [2.75, 3.05) is 10.6 Å². The van der Waals surface area contributed by atoms with E-state index < -0.39 is 0 Å². The summed E-state index contributed by atoms with van der Waals surface area (Å²) >= 11 is 0. The first-order valence-corrected chi connectivity index (χ1v) is 9.50. The Morgan fingerprint density at radius 2 is 1.34 bits per heavy atom. The lowest BCUT2D eigenvalue weighted by molar-refractivity contribution is -0.116. The molecule has 1 aromatic heterocycles. The number of nitrogens with one attached hydrogen (secondary N) is 2. The van der Waals surface area contributed by atoms with E-state index in [1.54, 1.807) is 10.8 Å². The number of anilines is 3. The average molecular weight is 383 g/mol. The number of fused-ring (bicyclic) bond motifs is 1. The van der Waals surface area contributed by atoms with Gasteiger partial charge in [0.05, 0.1) is 5.52 Å². The van der Waals surface area contributed by atoms with Crippen LogP contribution in [0, 0.1) is 0 Å². The minimum absolute atomic E-state index is 0.0937. The highest BCUT2D eigenvalue weighted by Gasteiger charge is 2.11. The van der Waals surface area contributed by atoms with E-state index in [0.29, 0.717) is 5.69 Å². The Labute approximate surface area is 169 Å². The van der Waals surface area contributed by atoms with E-state index in [-0.39, 0.29) is 24.7 Å². The first kappa shape index (κ1) is 18.5. The molecule has 0 aliphatic heterocycles. The molecule has 0 aliphatic carbocycles. The quantitative estimate of drug-likeness (QED) is 0.466. The van der Waals surface area contributed by atoms with Crippen LogP contribution in [0.25, 0.3) is 10.9 Å². The van der Waals surface area contributed by atoms with Crippen LogP contribution in [0.4, 0.5) is 17.1 Å². The number of hydrogen-bond donors (Lipinski definition) is 2. The molecule has 4 rings (SSSR count). The molecule has 0 radical (unpaired) electrons. The molecule has 0 atom stereocenters. The predicted octanol–water partition coefficient (Wildman–Crippen LogP) is 5.44. The lowest BCUT2D eigenvalue weighted by Gasteiger charge is -2.09. The number of benzene rings is 3. The predicted molar refractivity (Wildman–Crippen MR) is 117 cm³/mol. The summed E-state index contributed by atoms with van der Waals surface area (Å²) < 4.78 is 1.60. The summed E-state index contributed by atoms with van der Waals surface area (Å²) in [6.45, 7) is 0. The van der Waals surface area contributed by atoms with Crippen LogP contribution in [-0.2, 0) is 4.79 Å². The molecule has 0 fully saturated rings. The van der Waals surface area contributed by atoms with Crippen molar-refractivity contribution in [1.82, 2.24) is 4.57 Å². The number of nitrogens with zero attached hydrogens (tertiary/aromatic N) is 1. The van der Waals surface area contributed by atoms with Gasteiger partial charge in [-0.1, -0.05) is 36.4 Å². The van der Waals surface area contributed by atoms with Crippen LogP contribution in [0.15, 0.2) is 91.1 Å². The van der Waals surface area contributed by atoms with Gasteiger partial charge < -0.3 is 10.6 Å². The smallest absolute Gasteiger partial charge is 0.231 e. The number of para-hydroxylation sites is 2. The van der Waals surface area contributed by atoms with Crippen molar-refractivity contribution in [3.63, 3.8) is 0 Å². The van der Waals surface area contributed by atoms with E-state index >= 15 is 0 Å². The first-order chi connectivity index (χ1) is 14.2. The SMILES string of the molecule is O=C(CCC(=O)n1ccc2ccccc21)Nc1ccc(Nc2ccccc2)cc1. The van der Waals surface area contributed by atoms with Gasteiger partial charge in [0.2, 0.25) is 11.8 Å². The Balaban J connectivity index is 1.31. The normalized spacial score (nSPS) is 10.6. The lowest BCUT2D eigenvalue weighted by atomic mass is 10.2. The van der Waals surface area contributed by atoms with Gasteiger partial charge in [0, 0.05) is 41.5 Å². The summed E-state index contributed by atoms with van der Waals surface area (Å²) in [6, 6.07) is 27.0. The van der Waals surface area contributed by atoms with Crippen LogP contribution in [0.2, 0.25) is 0 Å². The van der Waals surface area contributed by atoms with Crippen LogP contribution in [0.5, 0.6) is 0 Å². The molecule has 0 saturated heterocycles. The maximum Gasteiger partial charge on any atom is 0.231 e. The summed E-state index contributed by atoms with van der Waals surface area (Å²) in [5.41, 5.74) is 3.50. The van der Waals surface area contributed by atoms with Gasteiger partial charge in [-0.05, 0) is 48.5 Å². The maximum atomic E-state index is 12.5. The van der Waals surface area contributed by atoms with Crippen molar-refractivity contribution >= 4 is 39.8 Å². The number of rotatable bonds is 6. The van der Waals surface area contributed by atoms with Gasteiger partial charge in [-0.15, -0.1) is 0 Å². The maximum absolute atomic E-state index is 12.5. The molecular formula is C24H21N3O2. The Bertz CT molecular complexity index is 1130. The summed E-state index contributed by atoms with van der Waals surface area (Å²) in [4.78, 5) is 24.7. The average Bonchev–Trinajstić information content (AvgIpc) is 3.18. The molecule has 0 aliphatic rings. The molecule has 29 heavy (non-hydrogen) atoms. The van der Waals surface area contributed by atoms with Crippen LogP contribution in [0.3, 0.4) is 0 Å². The molecule has 144 valence electrons. The Kier molecular flexibility index (Phi) is 5.38. The lowest BCUT2D eigenvalue weighted by Crippen LogP contribution is -2.16. The second-order valence-corrected chi connectivity index (χ2v) is 6.75. The number of amides is 1. The van der Waals surface area contributed by atoms with Crippen molar-refractivity contribution in [2.45, 2.75) is 12.8 Å². The van der Waals surface area contributed by atoms with E-state index in [1.807, 2.05) is 84.9 Å². The van der Waals surface area contributed by atoms with Crippen LogP contribution < -0.4 is 10.6 Å². The van der Waals surface area contributed by atoms with Crippen LogP contribution in [-0.4, -0.2) is 16.4 Å². The van der Waals surface area contributed by atoms with Gasteiger partial charge in [0.25, 0.3) is 0 Å². The molecule has 5 heteroatoms. The first-order valence-electron chi connectivity index (χ1n) is 9.50. The second-order valence-electron chi connectivity index (χ2n) is 6.75. The Morgan fingerprint density at radius 1 is 0.690 bits per heavy atom. The molecule has 2 N–H and O–H groups in total. The monoisotopic (exact) mass is 383 g/mol. The van der Waals surface area contributed by atoms with Gasteiger partial charge in [0.15, 0.2) is 0 Å². The topological polar surface area (TPSA) is 63.1 Å². The van der Waals surface area contributed by atoms with Gasteiger partial charge in [-0.2, -0.15) is 0 Å². The van der Waals surface area contributed by atoms with Crippen molar-refractivity contribution in [3.05, 3.63) is 91.1 Å². The number of carbonyl (C=O) groups is 2. The second kappa shape index (κ2) is 8.44. The fourth-order valence-electron chi connectivity index (χ4n) is 3.19. The molecule has 0 unspecified atom stereocenters. The Morgan fingerprint density at radius 3 is 2.14 bits per heavy atom. The van der Waals surface area contributed by atoms with Gasteiger partial charge in [0.1, 0.15) is 0 Å². The summed E-state index contributed by atoms with van der Waals surface area (Å²) in [6.07, 6.45) is 2.04. The zero-order valence-electron chi connectivity index (χ0n) is 15.8. The fourth-order valence-corrected chi connectivity index (χ4v) is 3.19. The van der Waals surface area contributed by atoms with E-state index in [9.17, 15) is 9.59 Å². The summed E-state index contributed by atoms with van der Waals surface area (Å²) in [5, 5.41) is 7.15. The van der Waals surface area contributed by atoms with Gasteiger partial charge >= 0.3 is 0 Å². The third-order valence-corrected chi connectivity index (χ3v) is 4.67. The zero-order chi connectivity index (χ0) is 20.1. The molecule has 3 aromatic carbocycles. The highest BCUT2D eigenvalue weighted by molar-refractivity contribution is 5.96. The van der Waals surface area contributed by atoms with Gasteiger partial charge in [-0.3, -0.25) is 14.2 Å². The molecule has 0 spiro atoms.